The number of Topliss-reactive ketones (excluding diaryl/α,β-unsaturated/α-hetero) is 1. The number of rotatable bonds is 4. The minimum atomic E-state index is 0.113. The van der Waals surface area contributed by atoms with Crippen molar-refractivity contribution in [2.45, 2.75) is 19.3 Å². The summed E-state index contributed by atoms with van der Waals surface area (Å²) in [5, 5.41) is 11.6. The van der Waals surface area contributed by atoms with Gasteiger partial charge in [-0.3, -0.25) is 4.79 Å². The number of ketones is 1. The van der Waals surface area contributed by atoms with Gasteiger partial charge in [-0.1, -0.05) is 0 Å². The molecule has 0 amide bonds. The molecule has 1 aliphatic rings. The van der Waals surface area contributed by atoms with Crippen LogP contribution in [-0.2, 0) is 4.79 Å². The molecule has 104 valence electrons. The zero-order chi connectivity index (χ0) is 14.3. The molecule has 0 unspecified atom stereocenters. The fourth-order valence-electron chi connectivity index (χ4n) is 1.73. The molecule has 0 aromatic heterocycles. The maximum absolute atomic E-state index is 12.2. The third kappa shape index (κ3) is 5.50. The van der Waals surface area contributed by atoms with Crippen molar-refractivity contribution < 1.29 is 4.79 Å². The molecule has 0 N–H and O–H groups in total. The standard InChI is InChI=1S/C14H22N4O/c1-17(2)15-10-8-12-6-5-7-13(14(12)19)9-11-16-18(3)4/h8-11H,5-7H2,1-4H3/b12-8+,13-9+,15-10+,16-11+. The largest absolute Gasteiger partial charge is 0.303 e. The minimum absolute atomic E-state index is 0.113. The highest BCUT2D eigenvalue weighted by Crippen LogP contribution is 2.23. The van der Waals surface area contributed by atoms with Gasteiger partial charge in [0.15, 0.2) is 5.78 Å². The second kappa shape index (κ2) is 7.51. The van der Waals surface area contributed by atoms with Gasteiger partial charge < -0.3 is 10.0 Å². The summed E-state index contributed by atoms with van der Waals surface area (Å²) in [5.74, 6) is 0.113. The van der Waals surface area contributed by atoms with E-state index in [2.05, 4.69) is 10.2 Å². The maximum Gasteiger partial charge on any atom is 0.185 e. The molecule has 5 nitrogen and oxygen atoms in total. The van der Waals surface area contributed by atoms with Gasteiger partial charge >= 0.3 is 0 Å². The van der Waals surface area contributed by atoms with Gasteiger partial charge in [0, 0.05) is 51.8 Å². The summed E-state index contributed by atoms with van der Waals surface area (Å²) in [6, 6.07) is 0. The van der Waals surface area contributed by atoms with Gasteiger partial charge in [-0.05, 0) is 31.4 Å². The molecule has 0 radical (unpaired) electrons. The Hall–Kier alpha value is -1.91. The van der Waals surface area contributed by atoms with Crippen LogP contribution in [0.15, 0.2) is 33.5 Å². The molecule has 0 bridgehead atoms. The van der Waals surface area contributed by atoms with Crippen LogP contribution in [0.2, 0.25) is 0 Å². The van der Waals surface area contributed by atoms with E-state index in [4.69, 9.17) is 0 Å². The van der Waals surface area contributed by atoms with Crippen LogP contribution in [0.25, 0.3) is 0 Å². The van der Waals surface area contributed by atoms with Crippen molar-refractivity contribution in [2.24, 2.45) is 10.2 Å². The summed E-state index contributed by atoms with van der Waals surface area (Å²) in [6.07, 6.45) is 9.58. The first-order valence-corrected chi connectivity index (χ1v) is 6.36. The molecule has 1 rings (SSSR count). The Kier molecular flexibility index (Phi) is 5.99. The molecular formula is C14H22N4O. The van der Waals surface area contributed by atoms with E-state index >= 15 is 0 Å². The molecule has 0 spiro atoms. The molecule has 0 aromatic carbocycles. The highest BCUT2D eigenvalue weighted by Gasteiger charge is 2.19. The second-order valence-corrected chi connectivity index (χ2v) is 4.79. The number of carbonyl (C=O) groups is 1. The summed E-state index contributed by atoms with van der Waals surface area (Å²) in [4.78, 5) is 12.2. The fourth-order valence-corrected chi connectivity index (χ4v) is 1.73. The Morgan fingerprint density at radius 3 is 1.68 bits per heavy atom. The monoisotopic (exact) mass is 262 g/mol. The molecule has 1 fully saturated rings. The number of carbonyl (C=O) groups excluding carboxylic acids is 1. The number of nitrogens with zero attached hydrogens (tertiary/aromatic N) is 4. The smallest absolute Gasteiger partial charge is 0.185 e. The van der Waals surface area contributed by atoms with Gasteiger partial charge in [-0.2, -0.15) is 10.2 Å². The van der Waals surface area contributed by atoms with Crippen molar-refractivity contribution in [1.82, 2.24) is 10.0 Å². The van der Waals surface area contributed by atoms with E-state index < -0.39 is 0 Å². The van der Waals surface area contributed by atoms with Gasteiger partial charge in [-0.15, -0.1) is 0 Å². The molecule has 0 aliphatic heterocycles. The van der Waals surface area contributed by atoms with Crippen molar-refractivity contribution in [3.05, 3.63) is 23.3 Å². The molecular weight excluding hydrogens is 240 g/mol. The molecule has 0 aromatic rings. The second-order valence-electron chi connectivity index (χ2n) is 4.79. The number of hydrazone groups is 2. The molecule has 19 heavy (non-hydrogen) atoms. The lowest BCUT2D eigenvalue weighted by molar-refractivity contribution is -0.113. The molecule has 1 saturated carbocycles. The van der Waals surface area contributed by atoms with Crippen LogP contribution in [0.4, 0.5) is 0 Å². The lowest BCUT2D eigenvalue weighted by Crippen LogP contribution is -2.13. The van der Waals surface area contributed by atoms with E-state index in [0.717, 1.165) is 30.4 Å². The summed E-state index contributed by atoms with van der Waals surface area (Å²) in [7, 11) is 7.39. The summed E-state index contributed by atoms with van der Waals surface area (Å²) >= 11 is 0. The topological polar surface area (TPSA) is 48.3 Å². The Balaban J connectivity index is 2.76. The Bertz CT molecular complexity index is 393. The Labute approximate surface area is 115 Å². The SMILES string of the molecule is CN(C)/N=C/C=C1\CCC/C(=C\C=N\N(C)C)C1=O. The van der Waals surface area contributed by atoms with E-state index in [9.17, 15) is 4.79 Å². The van der Waals surface area contributed by atoms with E-state index in [1.807, 2.05) is 28.2 Å². The molecule has 0 atom stereocenters. The molecule has 5 heteroatoms. The van der Waals surface area contributed by atoms with Crippen LogP contribution in [0.3, 0.4) is 0 Å². The van der Waals surface area contributed by atoms with E-state index in [0.29, 0.717) is 0 Å². The van der Waals surface area contributed by atoms with E-state index in [-0.39, 0.29) is 5.78 Å². The normalized spacial score (nSPS) is 20.9. The van der Waals surface area contributed by atoms with Gasteiger partial charge in [0.05, 0.1) is 0 Å². The van der Waals surface area contributed by atoms with Crippen molar-refractivity contribution in [3.63, 3.8) is 0 Å². The van der Waals surface area contributed by atoms with Crippen molar-refractivity contribution in [2.75, 3.05) is 28.2 Å². The van der Waals surface area contributed by atoms with Crippen LogP contribution in [0.5, 0.6) is 0 Å². The van der Waals surface area contributed by atoms with Gasteiger partial charge in [0.1, 0.15) is 0 Å². The van der Waals surface area contributed by atoms with Crippen molar-refractivity contribution in [3.8, 4) is 0 Å². The van der Waals surface area contributed by atoms with Gasteiger partial charge in [0.25, 0.3) is 0 Å². The highest BCUT2D eigenvalue weighted by molar-refractivity contribution is 6.12. The molecule has 1 aliphatic carbocycles. The fraction of sp³-hybridized carbons (Fsp3) is 0.500. The van der Waals surface area contributed by atoms with E-state index in [1.54, 1.807) is 34.6 Å². The van der Waals surface area contributed by atoms with Crippen molar-refractivity contribution in [1.29, 1.82) is 0 Å². The van der Waals surface area contributed by atoms with Crippen LogP contribution in [0, 0.1) is 0 Å². The van der Waals surface area contributed by atoms with Crippen molar-refractivity contribution >= 4 is 18.2 Å². The third-order valence-corrected chi connectivity index (χ3v) is 2.62. The lowest BCUT2D eigenvalue weighted by Gasteiger charge is -2.15. The zero-order valence-corrected chi connectivity index (χ0v) is 12.1. The van der Waals surface area contributed by atoms with Crippen LogP contribution < -0.4 is 0 Å². The predicted molar refractivity (Wildman–Crippen MR) is 79.4 cm³/mol. The first-order valence-electron chi connectivity index (χ1n) is 6.36. The molecule has 0 heterocycles. The number of allylic oxidation sites excluding steroid dienone is 4. The average Bonchev–Trinajstić information content (AvgIpc) is 2.32. The van der Waals surface area contributed by atoms with Crippen LogP contribution in [-0.4, -0.2) is 56.4 Å². The van der Waals surface area contributed by atoms with E-state index in [1.165, 1.54) is 0 Å². The zero-order valence-electron chi connectivity index (χ0n) is 12.1. The lowest BCUT2D eigenvalue weighted by atomic mass is 9.88. The average molecular weight is 262 g/mol. The Morgan fingerprint density at radius 1 is 0.895 bits per heavy atom. The quantitative estimate of drug-likeness (QED) is 0.440. The minimum Gasteiger partial charge on any atom is -0.303 e. The Morgan fingerprint density at radius 2 is 1.32 bits per heavy atom. The summed E-state index contributed by atoms with van der Waals surface area (Å²) in [5.41, 5.74) is 1.64. The molecule has 0 saturated heterocycles. The first-order chi connectivity index (χ1) is 9.00. The number of hydrogen-bond acceptors (Lipinski definition) is 5. The first kappa shape index (κ1) is 15.1. The van der Waals surface area contributed by atoms with Crippen LogP contribution in [0.1, 0.15) is 19.3 Å². The van der Waals surface area contributed by atoms with Gasteiger partial charge in [0.2, 0.25) is 0 Å². The highest BCUT2D eigenvalue weighted by atomic mass is 16.1. The van der Waals surface area contributed by atoms with Gasteiger partial charge in [-0.25, -0.2) is 0 Å². The maximum atomic E-state index is 12.2. The summed E-state index contributed by atoms with van der Waals surface area (Å²) < 4.78 is 0. The third-order valence-electron chi connectivity index (χ3n) is 2.62. The summed E-state index contributed by atoms with van der Waals surface area (Å²) in [6.45, 7) is 0. The van der Waals surface area contributed by atoms with Crippen LogP contribution >= 0.6 is 0 Å². The predicted octanol–water partition coefficient (Wildman–Crippen LogP) is 1.69. The number of hydrogen-bond donors (Lipinski definition) is 0.